The molecule has 3 fully saturated rings. The van der Waals surface area contributed by atoms with Gasteiger partial charge in [0, 0.05) is 10.8 Å². The third-order valence-electron chi connectivity index (χ3n) is 6.67. The highest BCUT2D eigenvalue weighted by atomic mass is 16.6. The number of rotatable bonds is 1. The molecule has 0 aromatic rings. The predicted molar refractivity (Wildman–Crippen MR) is 71.4 cm³/mol. The molecule has 2 aliphatic carbocycles. The SMILES string of the molecule is CC1=CC2OC3[C@H](O)[C@@H](O)C(C)([C@@]2(CO)C[C@@H]1O)[C@]31CO1. The van der Waals surface area contributed by atoms with Gasteiger partial charge in [-0.15, -0.1) is 0 Å². The van der Waals surface area contributed by atoms with Crippen LogP contribution in [0.2, 0.25) is 0 Å². The van der Waals surface area contributed by atoms with Crippen LogP contribution >= 0.6 is 0 Å². The Labute approximate surface area is 123 Å². The fraction of sp³-hybridized carbons (Fsp3) is 0.867. The van der Waals surface area contributed by atoms with Crippen molar-refractivity contribution in [3.05, 3.63) is 11.6 Å². The molecule has 2 heterocycles. The van der Waals surface area contributed by atoms with Gasteiger partial charge in [-0.1, -0.05) is 13.0 Å². The Morgan fingerprint density at radius 1 is 1.33 bits per heavy atom. The zero-order valence-electron chi connectivity index (χ0n) is 12.2. The van der Waals surface area contributed by atoms with E-state index in [4.69, 9.17) is 9.47 Å². The van der Waals surface area contributed by atoms with E-state index in [0.717, 1.165) is 5.57 Å². The molecule has 3 unspecified atom stereocenters. The van der Waals surface area contributed by atoms with Crippen LogP contribution in [0.4, 0.5) is 0 Å². The van der Waals surface area contributed by atoms with Crippen LogP contribution in [0.5, 0.6) is 0 Å². The van der Waals surface area contributed by atoms with E-state index < -0.39 is 47.0 Å². The molecule has 2 aliphatic heterocycles. The molecule has 4 N–H and O–H groups in total. The molecular weight excluding hydrogens is 276 g/mol. The van der Waals surface area contributed by atoms with Crippen molar-refractivity contribution < 1.29 is 29.9 Å². The monoisotopic (exact) mass is 298 g/mol. The lowest BCUT2D eigenvalue weighted by atomic mass is 9.51. The van der Waals surface area contributed by atoms with E-state index in [1.54, 1.807) is 0 Å². The van der Waals surface area contributed by atoms with Crippen LogP contribution in [0.15, 0.2) is 11.6 Å². The number of fused-ring (bicyclic) bond motifs is 2. The molecule has 0 aromatic heterocycles. The van der Waals surface area contributed by atoms with Crippen LogP contribution in [-0.2, 0) is 9.47 Å². The van der Waals surface area contributed by atoms with Crippen molar-refractivity contribution in [2.45, 2.75) is 56.4 Å². The van der Waals surface area contributed by atoms with E-state index in [9.17, 15) is 20.4 Å². The first-order chi connectivity index (χ1) is 9.84. The van der Waals surface area contributed by atoms with Crippen molar-refractivity contribution in [3.63, 3.8) is 0 Å². The lowest BCUT2D eigenvalue weighted by molar-refractivity contribution is -0.233. The summed E-state index contributed by atoms with van der Waals surface area (Å²) < 4.78 is 11.7. The number of epoxide rings is 1. The molecule has 0 aromatic carbocycles. The summed E-state index contributed by atoms with van der Waals surface area (Å²) in [4.78, 5) is 0. The van der Waals surface area contributed by atoms with Gasteiger partial charge in [0.05, 0.1) is 31.5 Å². The topological polar surface area (TPSA) is 103 Å². The smallest absolute Gasteiger partial charge is 0.129 e. The van der Waals surface area contributed by atoms with Gasteiger partial charge in [0.25, 0.3) is 0 Å². The minimum absolute atomic E-state index is 0.239. The van der Waals surface area contributed by atoms with Crippen LogP contribution in [-0.4, -0.2) is 69.8 Å². The molecule has 4 rings (SSSR count). The van der Waals surface area contributed by atoms with Crippen LogP contribution in [0.1, 0.15) is 20.3 Å². The van der Waals surface area contributed by atoms with Crippen molar-refractivity contribution in [2.75, 3.05) is 13.2 Å². The first-order valence-electron chi connectivity index (χ1n) is 7.47. The highest BCUT2D eigenvalue weighted by Gasteiger charge is 2.84. The van der Waals surface area contributed by atoms with Crippen molar-refractivity contribution in [1.82, 2.24) is 0 Å². The molecule has 1 spiro atoms. The number of aliphatic hydroxyl groups is 4. The van der Waals surface area contributed by atoms with E-state index in [1.165, 1.54) is 0 Å². The summed E-state index contributed by atoms with van der Waals surface area (Å²) in [6, 6.07) is 0. The quantitative estimate of drug-likeness (QED) is 0.364. The van der Waals surface area contributed by atoms with Gasteiger partial charge in [0.2, 0.25) is 0 Å². The summed E-state index contributed by atoms with van der Waals surface area (Å²) in [5.74, 6) is 0. The predicted octanol–water partition coefficient (Wildman–Crippen LogP) is -1.05. The first kappa shape index (κ1) is 14.1. The van der Waals surface area contributed by atoms with E-state index in [2.05, 4.69) is 0 Å². The molecule has 8 atom stereocenters. The Hall–Kier alpha value is -0.500. The summed E-state index contributed by atoms with van der Waals surface area (Å²) in [6.45, 7) is 3.83. The molecule has 21 heavy (non-hydrogen) atoms. The van der Waals surface area contributed by atoms with Gasteiger partial charge in [-0.05, 0) is 18.9 Å². The zero-order chi connectivity index (χ0) is 15.2. The number of aliphatic hydroxyl groups excluding tert-OH is 4. The van der Waals surface area contributed by atoms with Gasteiger partial charge in [-0.2, -0.15) is 0 Å². The van der Waals surface area contributed by atoms with Crippen molar-refractivity contribution in [3.8, 4) is 0 Å². The second kappa shape index (κ2) is 3.88. The Bertz CT molecular complexity index is 514. The maximum absolute atomic E-state index is 10.7. The van der Waals surface area contributed by atoms with E-state index in [1.807, 2.05) is 19.9 Å². The number of ether oxygens (including phenoxy) is 2. The highest BCUT2D eigenvalue weighted by Crippen LogP contribution is 2.71. The van der Waals surface area contributed by atoms with Crippen LogP contribution in [0.3, 0.4) is 0 Å². The second-order valence-electron chi connectivity index (χ2n) is 7.24. The van der Waals surface area contributed by atoms with Crippen LogP contribution in [0.25, 0.3) is 0 Å². The Kier molecular flexibility index (Phi) is 2.60. The average Bonchev–Trinajstić information content (AvgIpc) is 3.24. The van der Waals surface area contributed by atoms with Crippen molar-refractivity contribution in [2.24, 2.45) is 10.8 Å². The Morgan fingerprint density at radius 3 is 2.57 bits per heavy atom. The van der Waals surface area contributed by atoms with Gasteiger partial charge < -0.3 is 29.9 Å². The lowest BCUT2D eigenvalue weighted by Gasteiger charge is -2.58. The highest BCUT2D eigenvalue weighted by molar-refractivity contribution is 5.35. The van der Waals surface area contributed by atoms with Crippen LogP contribution < -0.4 is 0 Å². The zero-order valence-corrected chi connectivity index (χ0v) is 12.2. The summed E-state index contributed by atoms with van der Waals surface area (Å²) >= 11 is 0. The van der Waals surface area contributed by atoms with Gasteiger partial charge >= 0.3 is 0 Å². The summed E-state index contributed by atoms with van der Waals surface area (Å²) in [6.07, 6.45) is -1.72. The number of hydrogen-bond acceptors (Lipinski definition) is 6. The Balaban J connectivity index is 1.92. The molecule has 4 aliphatic rings. The lowest BCUT2D eigenvalue weighted by Crippen LogP contribution is -2.67. The van der Waals surface area contributed by atoms with Gasteiger partial charge in [0.15, 0.2) is 0 Å². The molecule has 118 valence electrons. The summed E-state index contributed by atoms with van der Waals surface area (Å²) in [5, 5.41) is 41.5. The normalized spacial score (nSPS) is 61.6. The maximum Gasteiger partial charge on any atom is 0.129 e. The molecular formula is C15H22O6. The number of hydrogen-bond donors (Lipinski definition) is 4. The minimum Gasteiger partial charge on any atom is -0.396 e. The van der Waals surface area contributed by atoms with Crippen molar-refractivity contribution >= 4 is 0 Å². The molecule has 6 nitrogen and oxygen atoms in total. The van der Waals surface area contributed by atoms with E-state index in [-0.39, 0.29) is 13.0 Å². The van der Waals surface area contributed by atoms with Crippen molar-refractivity contribution in [1.29, 1.82) is 0 Å². The standard InChI is InChI=1S/C15H22O6/c1-7-3-9-14(5-16,4-8(7)17)13(2)11(19)10(18)12(21-9)15(13)6-20-15/h3,8-12,16-19H,4-6H2,1-2H3/t8-,9?,10+,11+,12?,13?,14+,15-/m0/s1. The first-order valence-corrected chi connectivity index (χ1v) is 7.47. The average molecular weight is 298 g/mol. The molecule has 0 radical (unpaired) electrons. The molecule has 2 saturated heterocycles. The van der Waals surface area contributed by atoms with Crippen LogP contribution in [0, 0.1) is 10.8 Å². The molecule has 1 saturated carbocycles. The molecule has 0 amide bonds. The third kappa shape index (κ3) is 1.27. The molecule has 6 heteroatoms. The maximum atomic E-state index is 10.7. The fourth-order valence-corrected chi connectivity index (χ4v) is 5.06. The van der Waals surface area contributed by atoms with E-state index in [0.29, 0.717) is 6.61 Å². The van der Waals surface area contributed by atoms with Gasteiger partial charge in [0.1, 0.15) is 17.8 Å². The van der Waals surface area contributed by atoms with E-state index >= 15 is 0 Å². The second-order valence-corrected chi connectivity index (χ2v) is 7.24. The summed E-state index contributed by atoms with van der Waals surface area (Å²) in [7, 11) is 0. The van der Waals surface area contributed by atoms with Gasteiger partial charge in [-0.25, -0.2) is 0 Å². The fourth-order valence-electron chi connectivity index (χ4n) is 5.06. The van der Waals surface area contributed by atoms with Gasteiger partial charge in [-0.3, -0.25) is 0 Å². The molecule has 2 bridgehead atoms. The minimum atomic E-state index is -1.05. The largest absolute Gasteiger partial charge is 0.396 e. The Morgan fingerprint density at radius 2 is 2.00 bits per heavy atom. The third-order valence-corrected chi connectivity index (χ3v) is 6.67. The summed E-state index contributed by atoms with van der Waals surface area (Å²) in [5.41, 5.74) is -1.69.